The van der Waals surface area contributed by atoms with E-state index >= 15 is 0 Å². The largest absolute Gasteiger partial charge is 0.507 e. The Morgan fingerprint density at radius 3 is 2.31 bits per heavy atom. The molecule has 136 valence electrons. The van der Waals surface area contributed by atoms with Gasteiger partial charge in [-0.1, -0.05) is 44.2 Å². The van der Waals surface area contributed by atoms with Gasteiger partial charge in [0.05, 0.1) is 12.7 Å². The van der Waals surface area contributed by atoms with Crippen molar-refractivity contribution >= 4 is 22.7 Å². The van der Waals surface area contributed by atoms with E-state index in [1.165, 1.54) is 13.2 Å². The molecule has 1 aromatic heterocycles. The summed E-state index contributed by atoms with van der Waals surface area (Å²) in [5.41, 5.74) is 2.06. The smallest absolute Gasteiger partial charge is 0.374 e. The minimum atomic E-state index is -0.414. The summed E-state index contributed by atoms with van der Waals surface area (Å²) in [4.78, 5) is 22.5. The van der Waals surface area contributed by atoms with E-state index in [1.54, 1.807) is 25.1 Å². The normalized spacial score (nSPS) is 10.1. The maximum absolute atomic E-state index is 11.4. The standard InChI is InChI=1S/C12H12O3.C9H10O2/c1-3-8-9-6-4-5-7-10(9)15-11(8)12(13)14-2;1-2-8(10)7-5-3-4-6-9(7)11/h4-7H,3H2,1-2H3;3-6,11H,2H2,1H3. The Kier molecular flexibility index (Phi) is 6.55. The van der Waals surface area contributed by atoms with Gasteiger partial charge in [0, 0.05) is 17.4 Å². The number of hydrogen-bond acceptors (Lipinski definition) is 5. The highest BCUT2D eigenvalue weighted by molar-refractivity contribution is 5.98. The van der Waals surface area contributed by atoms with Gasteiger partial charge in [-0.2, -0.15) is 0 Å². The molecular weight excluding hydrogens is 332 g/mol. The average Bonchev–Trinajstić information content (AvgIpc) is 3.06. The number of benzene rings is 2. The number of phenols is 1. The van der Waals surface area contributed by atoms with Gasteiger partial charge in [0.1, 0.15) is 11.3 Å². The molecule has 26 heavy (non-hydrogen) atoms. The van der Waals surface area contributed by atoms with Gasteiger partial charge in [0.25, 0.3) is 0 Å². The second-order valence-corrected chi connectivity index (χ2v) is 5.54. The van der Waals surface area contributed by atoms with E-state index in [0.717, 1.165) is 23.0 Å². The Morgan fingerprint density at radius 2 is 1.69 bits per heavy atom. The molecule has 0 aliphatic carbocycles. The van der Waals surface area contributed by atoms with Crippen LogP contribution in [0.4, 0.5) is 0 Å². The fraction of sp³-hybridized carbons (Fsp3) is 0.238. The minimum Gasteiger partial charge on any atom is -0.507 e. The zero-order valence-electron chi connectivity index (χ0n) is 15.1. The molecule has 0 saturated carbocycles. The zero-order valence-corrected chi connectivity index (χ0v) is 15.1. The number of phenolic OH excluding ortho intramolecular Hbond substituents is 1. The summed E-state index contributed by atoms with van der Waals surface area (Å²) < 4.78 is 10.1. The zero-order chi connectivity index (χ0) is 19.1. The highest BCUT2D eigenvalue weighted by Crippen LogP contribution is 2.26. The molecule has 3 aromatic rings. The van der Waals surface area contributed by atoms with Gasteiger partial charge in [-0.25, -0.2) is 4.79 Å². The lowest BCUT2D eigenvalue weighted by Crippen LogP contribution is -2.02. The van der Waals surface area contributed by atoms with Crippen LogP contribution in [0.15, 0.2) is 52.9 Å². The Balaban J connectivity index is 0.000000197. The molecule has 1 heterocycles. The van der Waals surface area contributed by atoms with Crippen LogP contribution in [-0.4, -0.2) is 24.0 Å². The second-order valence-electron chi connectivity index (χ2n) is 5.54. The first-order chi connectivity index (χ1) is 12.5. The number of rotatable bonds is 4. The van der Waals surface area contributed by atoms with Crippen molar-refractivity contribution in [3.05, 3.63) is 65.4 Å². The van der Waals surface area contributed by atoms with Crippen molar-refractivity contribution in [1.82, 2.24) is 0 Å². The molecule has 0 saturated heterocycles. The molecule has 0 radical (unpaired) electrons. The van der Waals surface area contributed by atoms with Crippen LogP contribution >= 0.6 is 0 Å². The highest BCUT2D eigenvalue weighted by atomic mass is 16.5. The van der Waals surface area contributed by atoms with Crippen molar-refractivity contribution in [2.24, 2.45) is 0 Å². The van der Waals surface area contributed by atoms with E-state index < -0.39 is 5.97 Å². The number of ether oxygens (including phenoxy) is 1. The highest BCUT2D eigenvalue weighted by Gasteiger charge is 2.19. The van der Waals surface area contributed by atoms with E-state index in [9.17, 15) is 14.7 Å². The molecule has 0 amide bonds. The van der Waals surface area contributed by atoms with Crippen LogP contribution in [0.5, 0.6) is 5.75 Å². The molecule has 5 heteroatoms. The summed E-state index contributed by atoms with van der Waals surface area (Å²) >= 11 is 0. The average molecular weight is 354 g/mol. The third kappa shape index (κ3) is 4.11. The molecule has 0 spiro atoms. The van der Waals surface area contributed by atoms with Gasteiger partial charge >= 0.3 is 5.97 Å². The van der Waals surface area contributed by atoms with Gasteiger partial charge in [0.2, 0.25) is 5.76 Å². The predicted molar refractivity (Wildman–Crippen MR) is 99.7 cm³/mol. The molecule has 5 nitrogen and oxygen atoms in total. The van der Waals surface area contributed by atoms with Crippen LogP contribution in [0.3, 0.4) is 0 Å². The summed E-state index contributed by atoms with van der Waals surface area (Å²) in [6.07, 6.45) is 1.18. The first kappa shape index (κ1) is 19.2. The molecule has 3 rings (SSSR count). The molecule has 0 unspecified atom stereocenters. The van der Waals surface area contributed by atoms with Crippen molar-refractivity contribution in [2.75, 3.05) is 7.11 Å². The molecule has 0 aliphatic rings. The van der Waals surface area contributed by atoms with Crippen molar-refractivity contribution in [3.63, 3.8) is 0 Å². The summed E-state index contributed by atoms with van der Waals surface area (Å²) in [7, 11) is 1.36. The van der Waals surface area contributed by atoms with Crippen LogP contribution in [0.2, 0.25) is 0 Å². The van der Waals surface area contributed by atoms with Crippen molar-refractivity contribution in [3.8, 4) is 5.75 Å². The van der Waals surface area contributed by atoms with Crippen molar-refractivity contribution in [2.45, 2.75) is 26.7 Å². The van der Waals surface area contributed by atoms with Gasteiger partial charge in [-0.05, 0) is 24.6 Å². The van der Waals surface area contributed by atoms with E-state index in [4.69, 9.17) is 4.42 Å². The summed E-state index contributed by atoms with van der Waals surface area (Å²) in [5.74, 6) is -0.0494. The SMILES string of the molecule is CCC(=O)c1ccccc1O.CCc1c(C(=O)OC)oc2ccccc12. The molecule has 1 N–H and O–H groups in total. The fourth-order valence-electron chi connectivity index (χ4n) is 2.61. The van der Waals surface area contributed by atoms with Crippen molar-refractivity contribution in [1.29, 1.82) is 0 Å². The maximum atomic E-state index is 11.4. The fourth-order valence-corrected chi connectivity index (χ4v) is 2.61. The third-order valence-electron chi connectivity index (χ3n) is 3.95. The molecule has 0 atom stereocenters. The Bertz CT molecular complexity index is 908. The molecule has 2 aromatic carbocycles. The van der Waals surface area contributed by atoms with E-state index in [0.29, 0.717) is 17.7 Å². The first-order valence-electron chi connectivity index (χ1n) is 8.43. The topological polar surface area (TPSA) is 76.7 Å². The number of aryl methyl sites for hydroxylation is 1. The van der Waals surface area contributed by atoms with Crippen LogP contribution in [0, 0.1) is 0 Å². The predicted octanol–water partition coefficient (Wildman–Crippen LogP) is 4.77. The first-order valence-corrected chi connectivity index (χ1v) is 8.43. The number of fused-ring (bicyclic) bond motifs is 1. The number of para-hydroxylation sites is 2. The van der Waals surface area contributed by atoms with E-state index in [1.807, 2.05) is 31.2 Å². The van der Waals surface area contributed by atoms with Gasteiger partial charge in [-0.15, -0.1) is 0 Å². The summed E-state index contributed by atoms with van der Waals surface area (Å²) in [6.45, 7) is 3.76. The Morgan fingerprint density at radius 1 is 1.04 bits per heavy atom. The number of aromatic hydroxyl groups is 1. The number of carbonyl (C=O) groups is 2. The van der Waals surface area contributed by atoms with Gasteiger partial charge < -0.3 is 14.3 Å². The number of hydrogen-bond donors (Lipinski definition) is 1. The van der Waals surface area contributed by atoms with Crippen LogP contribution in [0.1, 0.15) is 46.7 Å². The quantitative estimate of drug-likeness (QED) is 0.539. The van der Waals surface area contributed by atoms with Gasteiger partial charge in [0.15, 0.2) is 5.78 Å². The van der Waals surface area contributed by atoms with E-state index in [2.05, 4.69) is 4.74 Å². The second kappa shape index (κ2) is 8.85. The Labute approximate surface area is 152 Å². The molecule has 0 aliphatic heterocycles. The minimum absolute atomic E-state index is 0.0249. The molecule has 0 fully saturated rings. The number of furan rings is 1. The summed E-state index contributed by atoms with van der Waals surface area (Å²) in [6, 6.07) is 14.2. The lowest BCUT2D eigenvalue weighted by molar-refractivity contribution is 0.0566. The molecular formula is C21H22O5. The number of methoxy groups -OCH3 is 1. The summed E-state index contributed by atoms with van der Waals surface area (Å²) in [5, 5.41) is 10.2. The number of ketones is 1. The van der Waals surface area contributed by atoms with Gasteiger partial charge in [-0.3, -0.25) is 4.79 Å². The third-order valence-corrected chi connectivity index (χ3v) is 3.95. The maximum Gasteiger partial charge on any atom is 0.374 e. The Hall–Kier alpha value is -3.08. The lowest BCUT2D eigenvalue weighted by atomic mass is 10.1. The van der Waals surface area contributed by atoms with Crippen molar-refractivity contribution < 1.29 is 23.8 Å². The van der Waals surface area contributed by atoms with Crippen LogP contribution in [-0.2, 0) is 11.2 Å². The van der Waals surface area contributed by atoms with Crippen LogP contribution < -0.4 is 0 Å². The lowest BCUT2D eigenvalue weighted by Gasteiger charge is -1.99. The monoisotopic (exact) mass is 354 g/mol. The number of carbonyl (C=O) groups excluding carboxylic acids is 2. The van der Waals surface area contributed by atoms with E-state index in [-0.39, 0.29) is 11.5 Å². The number of Topliss-reactive ketones (excluding diaryl/α,β-unsaturated/α-hetero) is 1. The molecule has 0 bridgehead atoms. The number of esters is 1. The van der Waals surface area contributed by atoms with Crippen LogP contribution in [0.25, 0.3) is 11.0 Å².